The zero-order valence-electron chi connectivity index (χ0n) is 19.1. The van der Waals surface area contributed by atoms with E-state index in [1.807, 2.05) is 13.0 Å². The van der Waals surface area contributed by atoms with Gasteiger partial charge in [-0.2, -0.15) is 4.51 Å². The highest BCUT2D eigenvalue weighted by Crippen LogP contribution is 2.29. The summed E-state index contributed by atoms with van der Waals surface area (Å²) in [5.41, 5.74) is 8.58. The Bertz CT molecular complexity index is 1170. The minimum absolute atomic E-state index is 0.0644. The second-order valence-electron chi connectivity index (χ2n) is 8.33. The molecule has 4 N–H and O–H groups in total. The predicted molar refractivity (Wildman–Crippen MR) is 131 cm³/mol. The molecule has 184 valence electrons. The first-order valence-electron chi connectivity index (χ1n) is 11.2. The third-order valence-corrected chi connectivity index (χ3v) is 6.18. The van der Waals surface area contributed by atoms with Crippen molar-refractivity contribution in [3.63, 3.8) is 0 Å². The van der Waals surface area contributed by atoms with Gasteiger partial charge in [-0.05, 0) is 48.4 Å². The van der Waals surface area contributed by atoms with Gasteiger partial charge in [-0.3, -0.25) is 14.4 Å². The maximum absolute atomic E-state index is 13.2. The van der Waals surface area contributed by atoms with Crippen LogP contribution in [0.1, 0.15) is 34.8 Å². The van der Waals surface area contributed by atoms with Crippen molar-refractivity contribution in [1.29, 1.82) is 0 Å². The fourth-order valence-corrected chi connectivity index (χ4v) is 4.28. The predicted octanol–water partition coefficient (Wildman–Crippen LogP) is 1.64. The standard InChI is InChI=1S/C24H26ClN5O5/c1-2-9-29-13-15-5-8-17(12-18(15)23(29)33)30-10-11-35-20(24(30)34)19(31)22(32)27-16-6-3-14(4-7-16)21(26)28-25/h3-8,12,19-20,31H,2,9-11,13H2,1H3,(H2,26,28)(H,27,32)/t19-,20-/m1/s1. The Morgan fingerprint density at radius 1 is 1.29 bits per heavy atom. The van der Waals surface area contributed by atoms with Crippen molar-refractivity contribution in [2.75, 3.05) is 29.9 Å². The van der Waals surface area contributed by atoms with Gasteiger partial charge in [0.1, 0.15) is 5.84 Å². The van der Waals surface area contributed by atoms with Crippen LogP contribution in [0.25, 0.3) is 0 Å². The molecule has 2 atom stereocenters. The quantitative estimate of drug-likeness (QED) is 0.391. The summed E-state index contributed by atoms with van der Waals surface area (Å²) >= 11 is 5.35. The third-order valence-electron chi connectivity index (χ3n) is 5.99. The van der Waals surface area contributed by atoms with Gasteiger partial charge in [0.25, 0.3) is 17.7 Å². The summed E-state index contributed by atoms with van der Waals surface area (Å²) in [6, 6.07) is 11.6. The summed E-state index contributed by atoms with van der Waals surface area (Å²) in [7, 11) is 0. The van der Waals surface area contributed by atoms with Crippen molar-refractivity contribution >= 4 is 46.7 Å². The molecule has 0 unspecified atom stereocenters. The van der Waals surface area contributed by atoms with Crippen molar-refractivity contribution < 1.29 is 24.2 Å². The maximum atomic E-state index is 13.2. The molecule has 1 fully saturated rings. The molecule has 2 heterocycles. The van der Waals surface area contributed by atoms with Gasteiger partial charge in [-0.25, -0.2) is 0 Å². The number of halogens is 1. The first-order valence-corrected chi connectivity index (χ1v) is 11.6. The van der Waals surface area contributed by atoms with Gasteiger partial charge >= 0.3 is 0 Å². The summed E-state index contributed by atoms with van der Waals surface area (Å²) in [6.07, 6.45) is -2.27. The molecule has 2 aromatic carbocycles. The fourth-order valence-electron chi connectivity index (χ4n) is 4.18. The van der Waals surface area contributed by atoms with Gasteiger partial charge in [0, 0.05) is 53.9 Å². The number of amidine groups is 1. The number of hydrogen-bond donors (Lipinski definition) is 3. The normalized spacial score (nSPS) is 19.1. The number of fused-ring (bicyclic) bond motifs is 1. The van der Waals surface area contributed by atoms with Gasteiger partial charge in [-0.15, -0.1) is 0 Å². The highest BCUT2D eigenvalue weighted by Gasteiger charge is 2.40. The molecule has 10 nitrogen and oxygen atoms in total. The Kier molecular flexibility index (Phi) is 7.34. The first kappa shape index (κ1) is 24.6. The molecule has 0 radical (unpaired) electrons. The van der Waals surface area contributed by atoms with E-state index in [1.54, 1.807) is 41.3 Å². The lowest BCUT2D eigenvalue weighted by molar-refractivity contribution is -0.150. The summed E-state index contributed by atoms with van der Waals surface area (Å²) in [5.74, 6) is -1.30. The van der Waals surface area contributed by atoms with E-state index < -0.39 is 24.0 Å². The molecule has 0 saturated carbocycles. The molecule has 0 aliphatic carbocycles. The number of aliphatic hydroxyl groups is 1. The van der Waals surface area contributed by atoms with E-state index in [2.05, 4.69) is 9.83 Å². The van der Waals surface area contributed by atoms with Crippen molar-refractivity contribution in [2.45, 2.75) is 32.1 Å². The zero-order chi connectivity index (χ0) is 25.1. The Morgan fingerprint density at radius 2 is 2.03 bits per heavy atom. The molecular weight excluding hydrogens is 474 g/mol. The van der Waals surface area contributed by atoms with Crippen LogP contribution in [0.2, 0.25) is 0 Å². The van der Waals surface area contributed by atoms with Gasteiger partial charge in [0.15, 0.2) is 12.2 Å². The molecule has 11 heteroatoms. The number of hydrogen-bond acceptors (Lipinski definition) is 6. The van der Waals surface area contributed by atoms with E-state index in [9.17, 15) is 19.5 Å². The van der Waals surface area contributed by atoms with Crippen LogP contribution in [0, 0.1) is 0 Å². The average Bonchev–Trinajstić information content (AvgIpc) is 3.18. The number of nitrogens with two attached hydrogens (primary N) is 1. The molecule has 2 aliphatic heterocycles. The molecule has 2 aliphatic rings. The lowest BCUT2D eigenvalue weighted by Gasteiger charge is -2.34. The van der Waals surface area contributed by atoms with E-state index in [-0.39, 0.29) is 24.9 Å². The van der Waals surface area contributed by atoms with Crippen LogP contribution >= 0.6 is 11.8 Å². The van der Waals surface area contributed by atoms with Crippen molar-refractivity contribution in [3.8, 4) is 0 Å². The Hall–Kier alpha value is -3.47. The number of carbonyl (C=O) groups is 3. The number of nitrogens with one attached hydrogen (secondary N) is 1. The largest absolute Gasteiger partial charge is 0.382 e. The van der Waals surface area contributed by atoms with E-state index in [0.717, 1.165) is 12.0 Å². The van der Waals surface area contributed by atoms with Crippen LogP contribution in [0.4, 0.5) is 11.4 Å². The zero-order valence-corrected chi connectivity index (χ0v) is 19.9. The van der Waals surface area contributed by atoms with Gasteiger partial charge in [-0.1, -0.05) is 13.0 Å². The van der Waals surface area contributed by atoms with Crippen LogP contribution in [0.3, 0.4) is 0 Å². The highest BCUT2D eigenvalue weighted by atomic mass is 35.5. The molecule has 4 rings (SSSR count). The van der Waals surface area contributed by atoms with E-state index in [0.29, 0.717) is 35.6 Å². The van der Waals surface area contributed by atoms with Crippen molar-refractivity contribution in [1.82, 2.24) is 4.90 Å². The number of amides is 3. The second kappa shape index (κ2) is 10.4. The first-order chi connectivity index (χ1) is 16.8. The summed E-state index contributed by atoms with van der Waals surface area (Å²) in [6.45, 7) is 3.59. The van der Waals surface area contributed by atoms with Crippen LogP contribution < -0.4 is 16.0 Å². The number of benzene rings is 2. The topological polar surface area (TPSA) is 138 Å². The minimum atomic E-state index is -1.74. The fraction of sp³-hybridized carbons (Fsp3) is 0.333. The number of ether oxygens (including phenoxy) is 1. The van der Waals surface area contributed by atoms with Crippen molar-refractivity contribution in [3.05, 3.63) is 59.2 Å². The molecular formula is C24H26ClN5O5. The number of rotatable bonds is 7. The highest BCUT2D eigenvalue weighted by molar-refractivity contribution is 6.22. The summed E-state index contributed by atoms with van der Waals surface area (Å²) in [5, 5.41) is 13.2. The van der Waals surface area contributed by atoms with Crippen LogP contribution in [-0.4, -0.2) is 65.5 Å². The molecule has 0 bridgehead atoms. The number of anilines is 2. The molecule has 2 aromatic rings. The number of carbonyl (C=O) groups excluding carboxylic acids is 3. The van der Waals surface area contributed by atoms with Gasteiger partial charge < -0.3 is 30.7 Å². The lowest BCUT2D eigenvalue weighted by Crippen LogP contribution is -2.55. The third kappa shape index (κ3) is 5.00. The molecule has 0 spiro atoms. The molecule has 3 amide bonds. The van der Waals surface area contributed by atoms with Crippen LogP contribution in [-0.2, 0) is 20.9 Å². The van der Waals surface area contributed by atoms with Crippen LogP contribution in [0.5, 0.6) is 0 Å². The smallest absolute Gasteiger partial charge is 0.259 e. The van der Waals surface area contributed by atoms with Gasteiger partial charge in [0.05, 0.1) is 6.61 Å². The molecule has 1 saturated heterocycles. The van der Waals surface area contributed by atoms with E-state index >= 15 is 0 Å². The molecule has 0 aromatic heterocycles. The monoisotopic (exact) mass is 499 g/mol. The average molecular weight is 500 g/mol. The lowest BCUT2D eigenvalue weighted by atomic mass is 10.1. The van der Waals surface area contributed by atoms with Crippen LogP contribution in [0.15, 0.2) is 47.0 Å². The number of nitrogens with zero attached hydrogens (tertiary/aromatic N) is 3. The maximum Gasteiger partial charge on any atom is 0.259 e. The van der Waals surface area contributed by atoms with Gasteiger partial charge in [0.2, 0.25) is 0 Å². The Labute approximate surface area is 207 Å². The minimum Gasteiger partial charge on any atom is -0.382 e. The summed E-state index contributed by atoms with van der Waals surface area (Å²) < 4.78 is 8.84. The number of aliphatic hydroxyl groups excluding tert-OH is 1. The molecule has 35 heavy (non-hydrogen) atoms. The summed E-state index contributed by atoms with van der Waals surface area (Å²) in [4.78, 5) is 41.7. The van der Waals surface area contributed by atoms with Crippen molar-refractivity contribution in [2.24, 2.45) is 10.2 Å². The Morgan fingerprint density at radius 3 is 2.71 bits per heavy atom. The SMILES string of the molecule is CCCN1Cc2ccc(N3CCO[C@H]([C@@H](O)C(=O)Nc4ccc(/C(N)=N\Cl)cc4)C3=O)cc2C1=O. The second-order valence-corrected chi connectivity index (χ2v) is 8.50. The van der Waals surface area contributed by atoms with E-state index in [1.165, 1.54) is 4.90 Å². The van der Waals surface area contributed by atoms with E-state index in [4.69, 9.17) is 22.2 Å². The number of morpholine rings is 1. The Balaban J connectivity index is 1.45.